The lowest BCUT2D eigenvalue weighted by Crippen LogP contribution is -2.22. The molecule has 0 saturated heterocycles. The van der Waals surface area contributed by atoms with Crippen molar-refractivity contribution in [3.63, 3.8) is 0 Å². The van der Waals surface area contributed by atoms with Gasteiger partial charge in [-0.2, -0.15) is 0 Å². The number of carbonyl (C=O) groups excluding carboxylic acids is 1. The van der Waals surface area contributed by atoms with Crippen molar-refractivity contribution >= 4 is 28.9 Å². The first kappa shape index (κ1) is 14.7. The quantitative estimate of drug-likeness (QED) is 0.806. The zero-order valence-electron chi connectivity index (χ0n) is 10.9. The summed E-state index contributed by atoms with van der Waals surface area (Å²) < 4.78 is 6.29. The van der Waals surface area contributed by atoms with Crippen LogP contribution in [0.4, 0.5) is 0 Å². The fourth-order valence-corrected chi connectivity index (χ4v) is 2.72. The number of halogens is 1. The number of aryl methyl sites for hydroxylation is 1. The second-order valence-corrected chi connectivity index (χ2v) is 5.45. The van der Waals surface area contributed by atoms with E-state index in [-0.39, 0.29) is 6.54 Å². The van der Waals surface area contributed by atoms with Crippen molar-refractivity contribution in [1.82, 2.24) is 14.5 Å². The molecule has 6 nitrogen and oxygen atoms in total. The minimum Gasteiger partial charge on any atom is -0.462 e. The van der Waals surface area contributed by atoms with Gasteiger partial charge in [0, 0.05) is 6.20 Å². The Balaban J connectivity index is 2.27. The van der Waals surface area contributed by atoms with Crippen molar-refractivity contribution in [1.29, 1.82) is 0 Å². The van der Waals surface area contributed by atoms with Gasteiger partial charge in [0.05, 0.1) is 30.1 Å². The molecule has 0 aromatic carbocycles. The highest BCUT2D eigenvalue weighted by atomic mass is 35.5. The molecule has 0 spiro atoms. The van der Waals surface area contributed by atoms with Crippen LogP contribution in [0.3, 0.4) is 0 Å². The first-order valence-corrected chi connectivity index (χ1v) is 7.06. The van der Waals surface area contributed by atoms with E-state index in [1.165, 1.54) is 28.3 Å². The van der Waals surface area contributed by atoms with E-state index < -0.39 is 11.7 Å². The maximum atomic E-state index is 11.7. The number of nitrogens with zero attached hydrogens (tertiary/aromatic N) is 3. The third kappa shape index (κ3) is 3.23. The van der Waals surface area contributed by atoms with Gasteiger partial charge >= 0.3 is 11.7 Å². The van der Waals surface area contributed by atoms with Gasteiger partial charge in [-0.3, -0.25) is 4.57 Å². The molecule has 0 bridgehead atoms. The number of ether oxygens (including phenoxy) is 1. The zero-order valence-corrected chi connectivity index (χ0v) is 12.5. The fourth-order valence-electron chi connectivity index (χ4n) is 1.59. The standard InChI is InChI=1S/C12H12ClN3O3S/c1-3-19-11(17)10-7(2)15-9(20-10)6-16-5-8(13)4-14-12(16)18/h4-5H,3,6H2,1-2H3. The number of aromatic nitrogens is 3. The van der Waals surface area contributed by atoms with Crippen molar-refractivity contribution in [2.75, 3.05) is 6.61 Å². The van der Waals surface area contributed by atoms with E-state index in [2.05, 4.69) is 9.97 Å². The van der Waals surface area contributed by atoms with Gasteiger partial charge in [-0.25, -0.2) is 19.6 Å². The van der Waals surface area contributed by atoms with Crippen LogP contribution in [0.2, 0.25) is 5.02 Å². The molecule has 0 aliphatic heterocycles. The minimum atomic E-state index is -0.417. The van der Waals surface area contributed by atoms with Crippen molar-refractivity contribution in [2.24, 2.45) is 0 Å². The summed E-state index contributed by atoms with van der Waals surface area (Å²) in [5, 5.41) is 0.986. The predicted molar refractivity (Wildman–Crippen MR) is 75.4 cm³/mol. The molecule has 0 amide bonds. The molecular weight excluding hydrogens is 302 g/mol. The van der Waals surface area contributed by atoms with Gasteiger partial charge in [0.1, 0.15) is 9.88 Å². The van der Waals surface area contributed by atoms with Crippen LogP contribution in [0, 0.1) is 6.92 Å². The maximum absolute atomic E-state index is 11.7. The Morgan fingerprint density at radius 2 is 2.30 bits per heavy atom. The van der Waals surface area contributed by atoms with Crippen LogP contribution < -0.4 is 5.69 Å². The lowest BCUT2D eigenvalue weighted by Gasteiger charge is -2.01. The Hall–Kier alpha value is -1.73. The summed E-state index contributed by atoms with van der Waals surface area (Å²) in [4.78, 5) is 31.6. The summed E-state index contributed by atoms with van der Waals surface area (Å²) in [6.07, 6.45) is 2.77. The molecule has 106 valence electrons. The Labute approximate surface area is 124 Å². The Kier molecular flexibility index (Phi) is 4.51. The first-order valence-electron chi connectivity index (χ1n) is 5.86. The Morgan fingerprint density at radius 3 is 3.00 bits per heavy atom. The van der Waals surface area contributed by atoms with E-state index in [0.717, 1.165) is 0 Å². The van der Waals surface area contributed by atoms with Crippen LogP contribution in [-0.4, -0.2) is 27.1 Å². The molecule has 2 rings (SSSR count). The van der Waals surface area contributed by atoms with Gasteiger partial charge in [0.25, 0.3) is 0 Å². The van der Waals surface area contributed by atoms with Crippen molar-refractivity contribution in [3.8, 4) is 0 Å². The van der Waals surface area contributed by atoms with E-state index in [1.807, 2.05) is 0 Å². The van der Waals surface area contributed by atoms with Gasteiger partial charge in [-0.1, -0.05) is 11.6 Å². The summed E-state index contributed by atoms with van der Waals surface area (Å²) in [6.45, 7) is 4.00. The minimum absolute atomic E-state index is 0.220. The van der Waals surface area contributed by atoms with Gasteiger partial charge in [-0.15, -0.1) is 11.3 Å². The molecule has 0 saturated carbocycles. The average Bonchev–Trinajstić information content (AvgIpc) is 2.75. The van der Waals surface area contributed by atoms with Crippen molar-refractivity contribution in [2.45, 2.75) is 20.4 Å². The summed E-state index contributed by atoms with van der Waals surface area (Å²) in [5.74, 6) is -0.398. The number of carbonyl (C=O) groups is 1. The smallest absolute Gasteiger partial charge is 0.350 e. The normalized spacial score (nSPS) is 10.6. The third-order valence-corrected chi connectivity index (χ3v) is 3.75. The fraction of sp³-hybridized carbons (Fsp3) is 0.333. The van der Waals surface area contributed by atoms with Crippen LogP contribution >= 0.6 is 22.9 Å². The number of thiazole rings is 1. The van der Waals surface area contributed by atoms with Crippen LogP contribution in [0.15, 0.2) is 17.2 Å². The van der Waals surface area contributed by atoms with Gasteiger partial charge < -0.3 is 4.74 Å². The van der Waals surface area contributed by atoms with E-state index in [0.29, 0.717) is 27.2 Å². The first-order chi connectivity index (χ1) is 9.51. The van der Waals surface area contributed by atoms with Crippen LogP contribution in [0.1, 0.15) is 27.3 Å². The zero-order chi connectivity index (χ0) is 14.7. The van der Waals surface area contributed by atoms with Crippen LogP contribution in [0.5, 0.6) is 0 Å². The second kappa shape index (κ2) is 6.15. The number of hydrogen-bond donors (Lipinski definition) is 0. The molecule has 0 aliphatic carbocycles. The number of rotatable bonds is 4. The monoisotopic (exact) mass is 313 g/mol. The van der Waals surface area contributed by atoms with Gasteiger partial charge in [0.2, 0.25) is 0 Å². The molecule has 0 fully saturated rings. The highest BCUT2D eigenvalue weighted by molar-refractivity contribution is 7.13. The molecule has 0 unspecified atom stereocenters. The molecule has 20 heavy (non-hydrogen) atoms. The molecule has 2 aromatic rings. The van der Waals surface area contributed by atoms with Gasteiger partial charge in [-0.05, 0) is 13.8 Å². The van der Waals surface area contributed by atoms with E-state index in [1.54, 1.807) is 13.8 Å². The van der Waals surface area contributed by atoms with E-state index in [9.17, 15) is 9.59 Å². The van der Waals surface area contributed by atoms with E-state index in [4.69, 9.17) is 16.3 Å². The molecule has 0 atom stereocenters. The maximum Gasteiger partial charge on any atom is 0.350 e. The lowest BCUT2D eigenvalue weighted by atomic mass is 10.4. The SMILES string of the molecule is CCOC(=O)c1sc(Cn2cc(Cl)cnc2=O)nc1C. The summed E-state index contributed by atoms with van der Waals surface area (Å²) in [7, 11) is 0. The topological polar surface area (TPSA) is 74.1 Å². The van der Waals surface area contributed by atoms with Crippen molar-refractivity contribution in [3.05, 3.63) is 43.5 Å². The summed E-state index contributed by atoms with van der Waals surface area (Å²) in [5.41, 5.74) is 0.173. The number of hydrogen-bond acceptors (Lipinski definition) is 6. The largest absolute Gasteiger partial charge is 0.462 e. The molecule has 0 radical (unpaired) electrons. The molecular formula is C12H12ClN3O3S. The molecule has 0 aliphatic rings. The summed E-state index contributed by atoms with van der Waals surface area (Å²) >= 11 is 7.00. The van der Waals surface area contributed by atoms with Crippen LogP contribution in [-0.2, 0) is 11.3 Å². The average molecular weight is 314 g/mol. The lowest BCUT2D eigenvalue weighted by molar-refractivity contribution is 0.0531. The Morgan fingerprint density at radius 1 is 1.55 bits per heavy atom. The highest BCUT2D eigenvalue weighted by Gasteiger charge is 2.16. The van der Waals surface area contributed by atoms with Crippen molar-refractivity contribution < 1.29 is 9.53 Å². The van der Waals surface area contributed by atoms with Gasteiger partial charge in [0.15, 0.2) is 0 Å². The molecule has 0 N–H and O–H groups in total. The van der Waals surface area contributed by atoms with Crippen LogP contribution in [0.25, 0.3) is 0 Å². The summed E-state index contributed by atoms with van der Waals surface area (Å²) in [6, 6.07) is 0. The Bertz CT molecular complexity index is 695. The number of esters is 1. The highest BCUT2D eigenvalue weighted by Crippen LogP contribution is 2.20. The second-order valence-electron chi connectivity index (χ2n) is 3.93. The predicted octanol–water partition coefficient (Wildman–Crippen LogP) is 1.89. The third-order valence-electron chi connectivity index (χ3n) is 2.43. The molecule has 8 heteroatoms. The molecule has 2 aromatic heterocycles. The molecule has 2 heterocycles. The van der Waals surface area contributed by atoms with E-state index >= 15 is 0 Å².